The van der Waals surface area contributed by atoms with Crippen molar-refractivity contribution in [2.45, 2.75) is 26.3 Å². The number of carbonyl (C=O) groups is 1. The monoisotopic (exact) mass is 247 g/mol. The van der Waals surface area contributed by atoms with E-state index in [2.05, 4.69) is 17.2 Å². The van der Waals surface area contributed by atoms with Crippen LogP contribution in [0.25, 0.3) is 0 Å². The molecule has 0 aliphatic carbocycles. The summed E-state index contributed by atoms with van der Waals surface area (Å²) in [6.07, 6.45) is 2.55. The van der Waals surface area contributed by atoms with Crippen LogP contribution in [-0.4, -0.2) is 23.9 Å². The van der Waals surface area contributed by atoms with Crippen molar-refractivity contribution in [3.05, 3.63) is 35.4 Å². The lowest BCUT2D eigenvalue weighted by Crippen LogP contribution is -2.35. The van der Waals surface area contributed by atoms with E-state index >= 15 is 0 Å². The van der Waals surface area contributed by atoms with Crippen molar-refractivity contribution < 1.29 is 4.79 Å². The van der Waals surface area contributed by atoms with Gasteiger partial charge in [-0.3, -0.25) is 15.1 Å². The second kappa shape index (κ2) is 5.98. The molecular weight excluding hydrogens is 226 g/mol. The topological polar surface area (TPSA) is 58.4 Å². The lowest BCUT2D eigenvalue weighted by molar-refractivity contribution is 0.0950. The highest BCUT2D eigenvalue weighted by Gasteiger charge is 2.18. The van der Waals surface area contributed by atoms with Gasteiger partial charge in [-0.15, -0.1) is 0 Å². The molecule has 1 amide bonds. The largest absolute Gasteiger partial charge is 0.299 e. The van der Waals surface area contributed by atoms with Gasteiger partial charge in [-0.25, -0.2) is 5.84 Å². The van der Waals surface area contributed by atoms with Gasteiger partial charge < -0.3 is 0 Å². The van der Waals surface area contributed by atoms with Crippen LogP contribution in [0.5, 0.6) is 0 Å². The molecule has 4 heteroatoms. The van der Waals surface area contributed by atoms with Crippen molar-refractivity contribution in [2.24, 2.45) is 11.8 Å². The van der Waals surface area contributed by atoms with Crippen LogP contribution in [0.1, 0.15) is 35.7 Å². The molecule has 0 saturated carbocycles. The minimum Gasteiger partial charge on any atom is -0.299 e. The Bertz CT molecular complexity index is 419. The number of hydrogen-bond donors (Lipinski definition) is 2. The fourth-order valence-electron chi connectivity index (χ4n) is 2.63. The number of piperidine rings is 1. The zero-order valence-electron chi connectivity index (χ0n) is 10.9. The molecule has 0 aromatic heterocycles. The SMILES string of the molecule is CC1CCCN(Cc2ccccc2C(=O)NN)C1. The maximum atomic E-state index is 11.7. The molecule has 1 saturated heterocycles. The fraction of sp³-hybridized carbons (Fsp3) is 0.500. The van der Waals surface area contributed by atoms with E-state index in [-0.39, 0.29) is 5.91 Å². The van der Waals surface area contributed by atoms with Gasteiger partial charge in [0.05, 0.1) is 0 Å². The van der Waals surface area contributed by atoms with E-state index in [4.69, 9.17) is 5.84 Å². The minimum absolute atomic E-state index is 0.212. The summed E-state index contributed by atoms with van der Waals surface area (Å²) in [5.41, 5.74) is 3.94. The van der Waals surface area contributed by atoms with Crippen molar-refractivity contribution in [2.75, 3.05) is 13.1 Å². The number of hydrazine groups is 1. The third-order valence-electron chi connectivity index (χ3n) is 3.53. The number of nitrogens with one attached hydrogen (secondary N) is 1. The van der Waals surface area contributed by atoms with Gasteiger partial charge in [0, 0.05) is 18.7 Å². The second-order valence-corrected chi connectivity index (χ2v) is 5.11. The Balaban J connectivity index is 2.10. The van der Waals surface area contributed by atoms with Crippen molar-refractivity contribution in [1.29, 1.82) is 0 Å². The van der Waals surface area contributed by atoms with Gasteiger partial charge in [-0.2, -0.15) is 0 Å². The van der Waals surface area contributed by atoms with Gasteiger partial charge in [0.1, 0.15) is 0 Å². The highest BCUT2D eigenvalue weighted by Crippen LogP contribution is 2.19. The molecule has 4 nitrogen and oxygen atoms in total. The van der Waals surface area contributed by atoms with Crippen LogP contribution in [-0.2, 0) is 6.54 Å². The number of carbonyl (C=O) groups excluding carboxylic acids is 1. The molecule has 1 fully saturated rings. The average molecular weight is 247 g/mol. The van der Waals surface area contributed by atoms with E-state index in [0.29, 0.717) is 5.56 Å². The number of likely N-dealkylation sites (tertiary alicyclic amines) is 1. The minimum atomic E-state index is -0.212. The molecule has 1 heterocycles. The standard InChI is InChI=1S/C14H21N3O/c1-11-5-4-8-17(9-11)10-12-6-2-3-7-13(12)14(18)16-15/h2-3,6-7,11H,4-5,8-10,15H2,1H3,(H,16,18). The first kappa shape index (κ1) is 13.1. The van der Waals surface area contributed by atoms with Crippen molar-refractivity contribution in [1.82, 2.24) is 10.3 Å². The normalized spacial score (nSPS) is 20.7. The summed E-state index contributed by atoms with van der Waals surface area (Å²) in [5.74, 6) is 5.75. The van der Waals surface area contributed by atoms with Gasteiger partial charge >= 0.3 is 0 Å². The van der Waals surface area contributed by atoms with Crippen LogP contribution in [0.15, 0.2) is 24.3 Å². The number of hydrogen-bond acceptors (Lipinski definition) is 3. The van der Waals surface area contributed by atoms with E-state index in [9.17, 15) is 4.79 Å². The molecule has 1 aromatic carbocycles. The maximum Gasteiger partial charge on any atom is 0.265 e. The van der Waals surface area contributed by atoms with Crippen LogP contribution in [0, 0.1) is 5.92 Å². The Kier molecular flexibility index (Phi) is 4.33. The summed E-state index contributed by atoms with van der Waals surface area (Å²) >= 11 is 0. The molecule has 18 heavy (non-hydrogen) atoms. The lowest BCUT2D eigenvalue weighted by Gasteiger charge is -2.31. The Labute approximate surface area is 108 Å². The molecule has 98 valence electrons. The summed E-state index contributed by atoms with van der Waals surface area (Å²) in [5, 5.41) is 0. The maximum absolute atomic E-state index is 11.7. The molecule has 1 aliphatic rings. The van der Waals surface area contributed by atoms with Crippen LogP contribution in [0.4, 0.5) is 0 Å². The molecule has 3 N–H and O–H groups in total. The molecule has 2 rings (SSSR count). The van der Waals surface area contributed by atoms with Crippen molar-refractivity contribution >= 4 is 5.91 Å². The zero-order valence-corrected chi connectivity index (χ0v) is 10.9. The number of rotatable bonds is 3. The first-order valence-corrected chi connectivity index (χ1v) is 6.52. The van der Waals surface area contributed by atoms with Gasteiger partial charge in [0.2, 0.25) is 0 Å². The van der Waals surface area contributed by atoms with Crippen LogP contribution >= 0.6 is 0 Å². The lowest BCUT2D eigenvalue weighted by atomic mass is 9.99. The highest BCUT2D eigenvalue weighted by atomic mass is 16.2. The number of nitrogen functional groups attached to an aromatic ring is 1. The molecular formula is C14H21N3O. The first-order valence-electron chi connectivity index (χ1n) is 6.52. The fourth-order valence-corrected chi connectivity index (χ4v) is 2.63. The highest BCUT2D eigenvalue weighted by molar-refractivity contribution is 5.95. The molecule has 1 unspecified atom stereocenters. The molecule has 1 aliphatic heterocycles. The number of nitrogens with zero attached hydrogens (tertiary/aromatic N) is 1. The second-order valence-electron chi connectivity index (χ2n) is 5.11. The third kappa shape index (κ3) is 3.09. The van der Waals surface area contributed by atoms with Gasteiger partial charge in [0.15, 0.2) is 0 Å². The number of benzene rings is 1. The number of nitrogens with two attached hydrogens (primary N) is 1. The predicted octanol–water partition coefficient (Wildman–Crippen LogP) is 1.52. The van der Waals surface area contributed by atoms with Crippen LogP contribution in [0.2, 0.25) is 0 Å². The van der Waals surface area contributed by atoms with Crippen molar-refractivity contribution in [3.8, 4) is 0 Å². The summed E-state index contributed by atoms with van der Waals surface area (Å²) in [7, 11) is 0. The summed E-state index contributed by atoms with van der Waals surface area (Å²) in [6.45, 7) is 5.33. The average Bonchev–Trinajstić information content (AvgIpc) is 2.38. The molecule has 0 radical (unpaired) electrons. The number of amides is 1. The van der Waals surface area contributed by atoms with E-state index in [1.807, 2.05) is 24.3 Å². The van der Waals surface area contributed by atoms with E-state index in [1.165, 1.54) is 12.8 Å². The van der Waals surface area contributed by atoms with Gasteiger partial charge in [0.25, 0.3) is 5.91 Å². The summed E-state index contributed by atoms with van der Waals surface area (Å²) in [6, 6.07) is 7.66. The Morgan fingerprint density at radius 3 is 3.00 bits per heavy atom. The molecule has 0 bridgehead atoms. The van der Waals surface area contributed by atoms with Gasteiger partial charge in [-0.05, 0) is 36.9 Å². The zero-order chi connectivity index (χ0) is 13.0. The predicted molar refractivity (Wildman–Crippen MR) is 71.8 cm³/mol. The van der Waals surface area contributed by atoms with Crippen LogP contribution in [0.3, 0.4) is 0 Å². The van der Waals surface area contributed by atoms with E-state index < -0.39 is 0 Å². The first-order chi connectivity index (χ1) is 8.70. The molecule has 1 atom stereocenters. The molecule has 0 spiro atoms. The Morgan fingerprint density at radius 1 is 1.50 bits per heavy atom. The van der Waals surface area contributed by atoms with E-state index in [0.717, 1.165) is 31.1 Å². The summed E-state index contributed by atoms with van der Waals surface area (Å²) in [4.78, 5) is 14.1. The van der Waals surface area contributed by atoms with Crippen molar-refractivity contribution in [3.63, 3.8) is 0 Å². The van der Waals surface area contributed by atoms with E-state index in [1.54, 1.807) is 0 Å². The van der Waals surface area contributed by atoms with Gasteiger partial charge in [-0.1, -0.05) is 25.1 Å². The molecule has 1 aromatic rings. The smallest absolute Gasteiger partial charge is 0.265 e. The quantitative estimate of drug-likeness (QED) is 0.484. The summed E-state index contributed by atoms with van der Waals surface area (Å²) < 4.78 is 0. The third-order valence-corrected chi connectivity index (χ3v) is 3.53. The van der Waals surface area contributed by atoms with Crippen LogP contribution < -0.4 is 11.3 Å². The Morgan fingerprint density at radius 2 is 2.28 bits per heavy atom. The Hall–Kier alpha value is -1.39.